The molecule has 1 fully saturated rings. The van der Waals surface area contributed by atoms with Gasteiger partial charge in [0.25, 0.3) is 5.91 Å². The van der Waals surface area contributed by atoms with Gasteiger partial charge in [0, 0.05) is 18.6 Å². The molecule has 3 aromatic rings. The number of tetrazole rings is 1. The number of aromatic nitrogens is 4. The fourth-order valence-electron chi connectivity index (χ4n) is 3.87. The average molecular weight is 509 g/mol. The minimum absolute atomic E-state index is 0.0205. The molecule has 2 aliphatic rings. The lowest BCUT2D eigenvalue weighted by Crippen LogP contribution is -2.62. The van der Waals surface area contributed by atoms with Gasteiger partial charge in [0.2, 0.25) is 5.16 Å². The summed E-state index contributed by atoms with van der Waals surface area (Å²) in [6, 6.07) is 18.9. The lowest BCUT2D eigenvalue weighted by molar-refractivity contribution is -0.147. The van der Waals surface area contributed by atoms with E-state index in [1.165, 1.54) is 33.1 Å². The van der Waals surface area contributed by atoms with Crippen LogP contribution in [0.15, 0.2) is 82.2 Å². The molecule has 1 aromatic heterocycles. The summed E-state index contributed by atoms with van der Waals surface area (Å²) in [4.78, 5) is 27.8. The summed E-state index contributed by atoms with van der Waals surface area (Å²) >= 11 is 2.77. The van der Waals surface area contributed by atoms with Crippen molar-refractivity contribution in [2.75, 3.05) is 11.5 Å². The van der Waals surface area contributed by atoms with Crippen molar-refractivity contribution >= 4 is 41.1 Å². The van der Waals surface area contributed by atoms with Crippen LogP contribution in [0.3, 0.4) is 0 Å². The lowest BCUT2D eigenvalue weighted by Gasteiger charge is -2.44. The fraction of sp³-hybridized carbons (Fsp3) is 0.217. The van der Waals surface area contributed by atoms with Crippen LogP contribution in [0.2, 0.25) is 0 Å². The van der Waals surface area contributed by atoms with Gasteiger partial charge in [-0.25, -0.2) is 9.48 Å². The second-order valence-corrected chi connectivity index (χ2v) is 9.77. The van der Waals surface area contributed by atoms with E-state index in [1.807, 2.05) is 60.7 Å². The molecule has 0 radical (unpaired) electrons. The minimum Gasteiger partial charge on any atom is -0.448 e. The third-order valence-corrected chi connectivity index (χ3v) is 7.95. The maximum Gasteiger partial charge on any atom is 0.356 e. The highest BCUT2D eigenvalue weighted by molar-refractivity contribution is 8.01. The average Bonchev–Trinajstić information content (AvgIpc) is 3.31. The van der Waals surface area contributed by atoms with E-state index in [0.29, 0.717) is 16.7 Å². The van der Waals surface area contributed by atoms with Crippen LogP contribution in [-0.2, 0) is 21.4 Å². The Bertz CT molecular complexity index is 1270. The maximum atomic E-state index is 13.7. The van der Waals surface area contributed by atoms with Crippen LogP contribution in [0.25, 0.3) is 0 Å². The molecule has 10 nitrogen and oxygen atoms in total. The van der Waals surface area contributed by atoms with Gasteiger partial charge < -0.3 is 9.94 Å². The molecule has 3 heterocycles. The smallest absolute Gasteiger partial charge is 0.356 e. The summed E-state index contributed by atoms with van der Waals surface area (Å²) in [5, 5.41) is 23.9. The van der Waals surface area contributed by atoms with Crippen molar-refractivity contribution in [1.82, 2.24) is 25.1 Å². The van der Waals surface area contributed by atoms with Crippen LogP contribution >= 0.6 is 23.5 Å². The predicted octanol–water partition coefficient (Wildman–Crippen LogP) is 2.63. The molecule has 0 spiro atoms. The third-order valence-electron chi connectivity index (χ3n) is 5.58. The standard InChI is InChI=1S/C23H20N6O4S2/c1-28-23(24-26-27-28)35-13-16-12-34-21-17(25-32)20(30)29(21)18(16)22(31)33-19(14-8-4-2-5-9-14)15-10-6-3-7-11-15/h2-11,19,21,32H,12-13H2,1H3/t21-/m1/s1. The van der Waals surface area contributed by atoms with Gasteiger partial charge in [-0.3, -0.25) is 9.69 Å². The summed E-state index contributed by atoms with van der Waals surface area (Å²) in [6.45, 7) is 0. The molecule has 0 saturated carbocycles. The molecule has 178 valence electrons. The molecule has 0 aliphatic carbocycles. The van der Waals surface area contributed by atoms with Gasteiger partial charge >= 0.3 is 5.97 Å². The van der Waals surface area contributed by atoms with Crippen molar-refractivity contribution in [3.63, 3.8) is 0 Å². The quantitative estimate of drug-likeness (QED) is 0.169. The predicted molar refractivity (Wildman–Crippen MR) is 130 cm³/mol. The Morgan fingerprint density at radius 3 is 2.43 bits per heavy atom. The van der Waals surface area contributed by atoms with E-state index in [0.717, 1.165) is 16.7 Å². The summed E-state index contributed by atoms with van der Waals surface area (Å²) in [5.74, 6) is -0.299. The summed E-state index contributed by atoms with van der Waals surface area (Å²) < 4.78 is 7.60. The Kier molecular flexibility index (Phi) is 6.55. The van der Waals surface area contributed by atoms with E-state index < -0.39 is 23.4 Å². The lowest BCUT2D eigenvalue weighted by atomic mass is 10.0. The van der Waals surface area contributed by atoms with Gasteiger partial charge in [-0.2, -0.15) is 0 Å². The van der Waals surface area contributed by atoms with Crippen LogP contribution < -0.4 is 0 Å². The molecule has 2 aromatic carbocycles. The maximum absolute atomic E-state index is 13.7. The van der Waals surface area contributed by atoms with Gasteiger partial charge in [-0.1, -0.05) is 77.6 Å². The number of hydrogen-bond donors (Lipinski definition) is 1. The van der Waals surface area contributed by atoms with Crippen LogP contribution in [0.5, 0.6) is 0 Å². The molecule has 0 unspecified atom stereocenters. The molecule has 12 heteroatoms. The third kappa shape index (κ3) is 4.42. The first-order chi connectivity index (χ1) is 17.1. The molecule has 1 amide bonds. The highest BCUT2D eigenvalue weighted by Crippen LogP contribution is 2.41. The number of thioether (sulfide) groups is 2. The number of esters is 1. The van der Waals surface area contributed by atoms with E-state index in [9.17, 15) is 14.8 Å². The van der Waals surface area contributed by atoms with Crippen molar-refractivity contribution < 1.29 is 19.5 Å². The molecular formula is C23H20N6O4S2. The molecule has 0 bridgehead atoms. The van der Waals surface area contributed by atoms with Crippen LogP contribution in [-0.4, -0.2) is 64.8 Å². The molecule has 1 N–H and O–H groups in total. The second kappa shape index (κ2) is 9.92. The van der Waals surface area contributed by atoms with Gasteiger partial charge in [0.05, 0.1) is 0 Å². The first kappa shape index (κ1) is 23.1. The number of hydrogen-bond acceptors (Lipinski definition) is 10. The van der Waals surface area contributed by atoms with E-state index in [2.05, 4.69) is 20.7 Å². The molecule has 5 rings (SSSR count). The fourth-order valence-corrected chi connectivity index (χ4v) is 6.11. The van der Waals surface area contributed by atoms with Crippen LogP contribution in [0.4, 0.5) is 0 Å². The number of nitrogens with zero attached hydrogens (tertiary/aromatic N) is 6. The number of oxime groups is 1. The zero-order valence-corrected chi connectivity index (χ0v) is 20.1. The number of rotatable bonds is 7. The van der Waals surface area contributed by atoms with Crippen molar-refractivity contribution in [2.45, 2.75) is 16.6 Å². The van der Waals surface area contributed by atoms with Crippen molar-refractivity contribution in [3.8, 4) is 0 Å². The summed E-state index contributed by atoms with van der Waals surface area (Å²) in [5.41, 5.74) is 2.53. The SMILES string of the molecule is Cn1nnnc1SCC1=C(C(=O)OC(c2ccccc2)c2ccccc2)N2C(=O)C(=NO)[C@H]2SC1. The summed E-state index contributed by atoms with van der Waals surface area (Å²) in [7, 11) is 1.73. The van der Waals surface area contributed by atoms with E-state index >= 15 is 0 Å². The topological polar surface area (TPSA) is 123 Å². The van der Waals surface area contributed by atoms with Gasteiger partial charge in [0.1, 0.15) is 11.1 Å². The van der Waals surface area contributed by atoms with Crippen molar-refractivity contribution in [2.24, 2.45) is 12.2 Å². The van der Waals surface area contributed by atoms with Gasteiger partial charge in [-0.15, -0.1) is 16.9 Å². The number of aryl methyl sites for hydroxylation is 1. The zero-order valence-electron chi connectivity index (χ0n) is 18.5. The minimum atomic E-state index is -0.662. The first-order valence-electron chi connectivity index (χ1n) is 10.6. The Balaban J connectivity index is 1.49. The van der Waals surface area contributed by atoms with Crippen LogP contribution in [0.1, 0.15) is 17.2 Å². The Morgan fingerprint density at radius 1 is 1.20 bits per heavy atom. The second-order valence-electron chi connectivity index (χ2n) is 7.76. The number of benzene rings is 2. The van der Waals surface area contributed by atoms with E-state index in [4.69, 9.17) is 4.74 Å². The molecular weight excluding hydrogens is 488 g/mol. The van der Waals surface area contributed by atoms with Crippen LogP contribution in [0, 0.1) is 0 Å². The number of carbonyl (C=O) groups is 2. The van der Waals surface area contributed by atoms with Crippen molar-refractivity contribution in [3.05, 3.63) is 83.1 Å². The number of β-lactam (4-membered cyclic amide) rings is 1. The number of carbonyl (C=O) groups excluding carboxylic acids is 2. The molecule has 1 saturated heterocycles. The zero-order chi connectivity index (χ0) is 24.4. The summed E-state index contributed by atoms with van der Waals surface area (Å²) in [6.07, 6.45) is -0.662. The molecule has 2 aliphatic heterocycles. The van der Waals surface area contributed by atoms with E-state index in [1.54, 1.807) is 7.05 Å². The Morgan fingerprint density at radius 2 is 1.86 bits per heavy atom. The molecule has 35 heavy (non-hydrogen) atoms. The van der Waals surface area contributed by atoms with E-state index in [-0.39, 0.29) is 11.4 Å². The first-order valence-corrected chi connectivity index (χ1v) is 12.7. The molecule has 1 atom stereocenters. The normalized spacial score (nSPS) is 18.6. The highest BCUT2D eigenvalue weighted by atomic mass is 32.2. The Labute approximate surface area is 209 Å². The van der Waals surface area contributed by atoms with Gasteiger partial charge in [0.15, 0.2) is 11.8 Å². The number of amides is 1. The van der Waals surface area contributed by atoms with Crippen molar-refractivity contribution in [1.29, 1.82) is 0 Å². The number of ether oxygens (including phenoxy) is 1. The highest BCUT2D eigenvalue weighted by Gasteiger charge is 2.52. The number of fused-ring (bicyclic) bond motifs is 1. The largest absolute Gasteiger partial charge is 0.448 e. The van der Waals surface area contributed by atoms with Gasteiger partial charge in [-0.05, 0) is 27.1 Å². The monoisotopic (exact) mass is 508 g/mol. The Hall–Kier alpha value is -3.64.